The summed E-state index contributed by atoms with van der Waals surface area (Å²) in [6, 6.07) is 6.07. The molecule has 1 aliphatic carbocycles. The maximum Gasteiger partial charge on any atom is 0.137 e. The molecule has 2 nitrogen and oxygen atoms in total. The van der Waals surface area contributed by atoms with Crippen molar-refractivity contribution in [2.45, 2.75) is 25.4 Å². The molecule has 1 aliphatic rings. The summed E-state index contributed by atoms with van der Waals surface area (Å²) in [5.41, 5.74) is 1.01. The molecule has 94 valence electrons. The first-order valence-corrected chi connectivity index (χ1v) is 6.80. The van der Waals surface area contributed by atoms with E-state index in [-0.39, 0.29) is 5.82 Å². The molecule has 0 heterocycles. The molecule has 1 fully saturated rings. The second-order valence-corrected chi connectivity index (χ2v) is 5.57. The molecule has 1 aromatic carbocycles. The van der Waals surface area contributed by atoms with Crippen molar-refractivity contribution in [3.63, 3.8) is 0 Å². The first-order chi connectivity index (χ1) is 8.15. The van der Waals surface area contributed by atoms with Crippen LogP contribution in [0.15, 0.2) is 22.7 Å². The minimum Gasteiger partial charge on any atom is -0.313 e. The zero-order chi connectivity index (χ0) is 12.3. The summed E-state index contributed by atoms with van der Waals surface area (Å²) in [5, 5.41) is 3.47. The van der Waals surface area contributed by atoms with Crippen molar-refractivity contribution in [3.8, 4) is 0 Å². The molecule has 4 heteroatoms. The van der Waals surface area contributed by atoms with Gasteiger partial charge in [0.2, 0.25) is 0 Å². The van der Waals surface area contributed by atoms with E-state index in [2.05, 4.69) is 33.2 Å². The van der Waals surface area contributed by atoms with E-state index in [1.165, 1.54) is 12.8 Å². The van der Waals surface area contributed by atoms with Crippen molar-refractivity contribution in [3.05, 3.63) is 34.1 Å². The van der Waals surface area contributed by atoms with Crippen LogP contribution in [0.2, 0.25) is 0 Å². The normalized spacial score (nSPS) is 15.5. The lowest BCUT2D eigenvalue weighted by atomic mass is 10.2. The molecule has 0 spiro atoms. The minimum absolute atomic E-state index is 0.188. The van der Waals surface area contributed by atoms with Crippen molar-refractivity contribution in [1.82, 2.24) is 10.2 Å². The average molecular weight is 301 g/mol. The van der Waals surface area contributed by atoms with Crippen molar-refractivity contribution in [1.29, 1.82) is 0 Å². The number of likely N-dealkylation sites (N-methyl/N-ethyl adjacent to an activating group) is 1. The first kappa shape index (κ1) is 13.0. The van der Waals surface area contributed by atoms with E-state index in [0.717, 1.165) is 31.2 Å². The quantitative estimate of drug-likeness (QED) is 0.869. The maximum absolute atomic E-state index is 13.3. The van der Waals surface area contributed by atoms with Crippen LogP contribution >= 0.6 is 15.9 Å². The molecule has 1 aromatic rings. The van der Waals surface area contributed by atoms with Gasteiger partial charge in [-0.2, -0.15) is 0 Å². The first-order valence-electron chi connectivity index (χ1n) is 6.01. The molecule has 0 aromatic heterocycles. The molecular weight excluding hydrogens is 283 g/mol. The highest BCUT2D eigenvalue weighted by Crippen LogP contribution is 2.18. The lowest BCUT2D eigenvalue weighted by Crippen LogP contribution is -2.30. The summed E-state index contributed by atoms with van der Waals surface area (Å²) in [6.07, 6.45) is 2.64. The molecule has 0 aliphatic heterocycles. The second kappa shape index (κ2) is 5.94. The van der Waals surface area contributed by atoms with Crippen LogP contribution in [0, 0.1) is 5.82 Å². The Hall–Kier alpha value is -0.450. The molecule has 0 saturated heterocycles. The Morgan fingerprint density at radius 2 is 2.24 bits per heavy atom. The topological polar surface area (TPSA) is 15.3 Å². The van der Waals surface area contributed by atoms with E-state index in [9.17, 15) is 4.39 Å². The fourth-order valence-corrected chi connectivity index (χ4v) is 2.02. The number of rotatable bonds is 6. The van der Waals surface area contributed by atoms with E-state index in [1.807, 2.05) is 6.07 Å². The predicted octanol–water partition coefficient (Wildman–Crippen LogP) is 2.77. The Morgan fingerprint density at radius 1 is 1.47 bits per heavy atom. The van der Waals surface area contributed by atoms with Gasteiger partial charge in [0.25, 0.3) is 0 Å². The third-order valence-electron chi connectivity index (χ3n) is 2.94. The second-order valence-electron chi connectivity index (χ2n) is 4.71. The molecule has 0 radical (unpaired) electrons. The van der Waals surface area contributed by atoms with Crippen LogP contribution in [-0.2, 0) is 6.54 Å². The van der Waals surface area contributed by atoms with Crippen LogP contribution in [0.1, 0.15) is 18.4 Å². The molecule has 2 rings (SSSR count). The lowest BCUT2D eigenvalue weighted by molar-refractivity contribution is 0.323. The van der Waals surface area contributed by atoms with Gasteiger partial charge in [-0.05, 0) is 53.5 Å². The van der Waals surface area contributed by atoms with Crippen molar-refractivity contribution in [2.24, 2.45) is 0 Å². The predicted molar refractivity (Wildman–Crippen MR) is 71.5 cm³/mol. The third kappa shape index (κ3) is 4.37. The van der Waals surface area contributed by atoms with E-state index < -0.39 is 0 Å². The van der Waals surface area contributed by atoms with Gasteiger partial charge in [-0.3, -0.25) is 0 Å². The van der Waals surface area contributed by atoms with Gasteiger partial charge in [0.1, 0.15) is 5.82 Å². The number of hydrogen-bond acceptors (Lipinski definition) is 2. The van der Waals surface area contributed by atoms with E-state index >= 15 is 0 Å². The summed E-state index contributed by atoms with van der Waals surface area (Å²) >= 11 is 3.16. The van der Waals surface area contributed by atoms with Crippen LogP contribution in [-0.4, -0.2) is 31.1 Å². The van der Waals surface area contributed by atoms with Crippen LogP contribution in [0.4, 0.5) is 4.39 Å². The van der Waals surface area contributed by atoms with Gasteiger partial charge in [0, 0.05) is 25.7 Å². The van der Waals surface area contributed by atoms with Crippen LogP contribution < -0.4 is 5.32 Å². The largest absolute Gasteiger partial charge is 0.313 e. The van der Waals surface area contributed by atoms with Gasteiger partial charge in [-0.15, -0.1) is 0 Å². The van der Waals surface area contributed by atoms with Crippen molar-refractivity contribution < 1.29 is 4.39 Å². The Balaban J connectivity index is 1.75. The molecule has 1 saturated carbocycles. The van der Waals surface area contributed by atoms with Gasteiger partial charge >= 0.3 is 0 Å². The van der Waals surface area contributed by atoms with Crippen LogP contribution in [0.25, 0.3) is 0 Å². The molecule has 0 amide bonds. The van der Waals surface area contributed by atoms with Crippen molar-refractivity contribution >= 4 is 15.9 Å². The molecule has 0 bridgehead atoms. The zero-order valence-corrected chi connectivity index (χ0v) is 11.6. The third-order valence-corrected chi connectivity index (χ3v) is 3.58. The monoisotopic (exact) mass is 300 g/mol. The number of hydrogen-bond donors (Lipinski definition) is 1. The maximum atomic E-state index is 13.3. The SMILES string of the molecule is CN(CCNC1CC1)Cc1ccc(Br)c(F)c1. The Bertz CT molecular complexity index is 380. The van der Waals surface area contributed by atoms with Gasteiger partial charge in [0.05, 0.1) is 4.47 Å². The zero-order valence-electron chi connectivity index (χ0n) is 10.0. The number of benzene rings is 1. The summed E-state index contributed by atoms with van der Waals surface area (Å²) in [5.74, 6) is -0.188. The molecule has 0 atom stereocenters. The van der Waals surface area contributed by atoms with Crippen LogP contribution in [0.3, 0.4) is 0 Å². The molecule has 0 unspecified atom stereocenters. The Kier molecular flexibility index (Phi) is 4.54. The molecule has 1 N–H and O–H groups in total. The summed E-state index contributed by atoms with van der Waals surface area (Å²) in [4.78, 5) is 2.21. The fourth-order valence-electron chi connectivity index (χ4n) is 1.78. The highest BCUT2D eigenvalue weighted by Gasteiger charge is 2.19. The summed E-state index contributed by atoms with van der Waals surface area (Å²) in [7, 11) is 2.06. The van der Waals surface area contributed by atoms with Gasteiger partial charge in [-0.1, -0.05) is 6.07 Å². The minimum atomic E-state index is -0.188. The van der Waals surface area contributed by atoms with E-state index in [4.69, 9.17) is 0 Å². The highest BCUT2D eigenvalue weighted by atomic mass is 79.9. The fraction of sp³-hybridized carbons (Fsp3) is 0.538. The lowest BCUT2D eigenvalue weighted by Gasteiger charge is -2.17. The standard InChI is InChI=1S/C13H18BrFN2/c1-17(7-6-16-11-3-4-11)9-10-2-5-12(14)13(15)8-10/h2,5,8,11,16H,3-4,6-7,9H2,1H3. The smallest absolute Gasteiger partial charge is 0.137 e. The highest BCUT2D eigenvalue weighted by molar-refractivity contribution is 9.10. The number of nitrogens with one attached hydrogen (secondary N) is 1. The van der Waals surface area contributed by atoms with Crippen molar-refractivity contribution in [2.75, 3.05) is 20.1 Å². The van der Waals surface area contributed by atoms with Crippen LogP contribution in [0.5, 0.6) is 0 Å². The molecular formula is C13H18BrFN2. The number of halogens is 2. The molecule has 17 heavy (non-hydrogen) atoms. The van der Waals surface area contributed by atoms with E-state index in [1.54, 1.807) is 12.1 Å². The van der Waals surface area contributed by atoms with E-state index in [0.29, 0.717) is 4.47 Å². The summed E-state index contributed by atoms with van der Waals surface area (Å²) < 4.78 is 13.8. The Labute approximate surface area is 110 Å². The van der Waals surface area contributed by atoms with Gasteiger partial charge < -0.3 is 10.2 Å². The summed E-state index contributed by atoms with van der Waals surface area (Å²) in [6.45, 7) is 2.80. The Morgan fingerprint density at radius 3 is 2.88 bits per heavy atom. The van der Waals surface area contributed by atoms with Gasteiger partial charge in [0.15, 0.2) is 0 Å². The number of nitrogens with zero attached hydrogens (tertiary/aromatic N) is 1. The average Bonchev–Trinajstić information content (AvgIpc) is 3.07. The van der Waals surface area contributed by atoms with Gasteiger partial charge in [-0.25, -0.2) is 4.39 Å².